The van der Waals surface area contributed by atoms with Gasteiger partial charge < -0.3 is 10.6 Å². The molecule has 0 saturated heterocycles. The molecule has 0 bridgehead atoms. The highest BCUT2D eigenvalue weighted by Crippen LogP contribution is 2.26. The molecule has 1 aliphatic carbocycles. The Hall–Kier alpha value is -0.0400. The van der Waals surface area contributed by atoms with Crippen LogP contribution in [0.3, 0.4) is 0 Å². The maximum Gasteiger partial charge on any atom is 0.191 e. The van der Waals surface area contributed by atoms with Gasteiger partial charge in [0.2, 0.25) is 0 Å². The van der Waals surface area contributed by atoms with Crippen molar-refractivity contribution in [1.82, 2.24) is 15.5 Å². The van der Waals surface area contributed by atoms with Crippen molar-refractivity contribution in [3.8, 4) is 0 Å². The van der Waals surface area contributed by atoms with Crippen LogP contribution in [0.15, 0.2) is 4.99 Å². The molecular weight excluding hydrogens is 339 g/mol. The van der Waals surface area contributed by atoms with Crippen molar-refractivity contribution in [3.05, 3.63) is 0 Å². The number of likely N-dealkylation sites (N-methyl/N-ethyl adjacent to an activating group) is 1. The van der Waals surface area contributed by atoms with Gasteiger partial charge in [0.1, 0.15) is 0 Å². The molecule has 18 heavy (non-hydrogen) atoms. The summed E-state index contributed by atoms with van der Waals surface area (Å²) in [5, 5.41) is 6.61. The molecule has 1 atom stereocenters. The molecule has 0 aromatic carbocycles. The van der Waals surface area contributed by atoms with Gasteiger partial charge in [-0.25, -0.2) is 0 Å². The van der Waals surface area contributed by atoms with E-state index in [0.29, 0.717) is 6.04 Å². The smallest absolute Gasteiger partial charge is 0.191 e. The van der Waals surface area contributed by atoms with Gasteiger partial charge in [-0.1, -0.05) is 6.92 Å². The lowest BCUT2D eigenvalue weighted by atomic mass is 10.3. The van der Waals surface area contributed by atoms with Gasteiger partial charge in [0.15, 0.2) is 5.96 Å². The van der Waals surface area contributed by atoms with Crippen LogP contribution in [0.4, 0.5) is 0 Å². The van der Waals surface area contributed by atoms with E-state index >= 15 is 0 Å². The quantitative estimate of drug-likeness (QED) is 0.411. The van der Waals surface area contributed by atoms with Crippen LogP contribution in [0, 0.1) is 0 Å². The van der Waals surface area contributed by atoms with Crippen LogP contribution in [0.2, 0.25) is 0 Å². The predicted octanol–water partition coefficient (Wildman–Crippen LogP) is 2.05. The van der Waals surface area contributed by atoms with Crippen molar-refractivity contribution < 1.29 is 0 Å². The number of hydrogen-bond donors (Lipinski definition) is 2. The van der Waals surface area contributed by atoms with Crippen molar-refractivity contribution in [2.75, 3.05) is 26.7 Å². The summed E-state index contributed by atoms with van der Waals surface area (Å²) in [5.41, 5.74) is 0. The highest BCUT2D eigenvalue weighted by Gasteiger charge is 2.28. The Bertz CT molecular complexity index is 241. The van der Waals surface area contributed by atoms with E-state index in [4.69, 9.17) is 0 Å². The fraction of sp³-hybridized carbons (Fsp3) is 0.923. The van der Waals surface area contributed by atoms with Crippen LogP contribution in [0.1, 0.15) is 40.0 Å². The number of aliphatic imine (C=N–C) groups is 1. The third-order valence-corrected chi connectivity index (χ3v) is 3.22. The summed E-state index contributed by atoms with van der Waals surface area (Å²) in [6.45, 7) is 9.29. The van der Waals surface area contributed by atoms with Crippen molar-refractivity contribution in [2.24, 2.45) is 4.99 Å². The number of rotatable bonds is 7. The largest absolute Gasteiger partial charge is 0.357 e. The summed E-state index contributed by atoms with van der Waals surface area (Å²) in [6, 6.07) is 1.34. The molecule has 0 aromatic heterocycles. The number of hydrogen-bond acceptors (Lipinski definition) is 2. The fourth-order valence-electron chi connectivity index (χ4n) is 1.78. The highest BCUT2D eigenvalue weighted by atomic mass is 127. The molecule has 0 spiro atoms. The number of halogens is 1. The molecule has 5 heteroatoms. The Morgan fingerprint density at radius 2 is 2.00 bits per heavy atom. The maximum absolute atomic E-state index is 4.63. The first-order valence-corrected chi connectivity index (χ1v) is 6.93. The normalized spacial score (nSPS) is 17.3. The zero-order chi connectivity index (χ0) is 12.7. The van der Waals surface area contributed by atoms with E-state index in [9.17, 15) is 0 Å². The van der Waals surface area contributed by atoms with Crippen molar-refractivity contribution in [2.45, 2.75) is 52.1 Å². The Labute approximate surface area is 129 Å². The Kier molecular flexibility index (Phi) is 9.81. The zero-order valence-corrected chi connectivity index (χ0v) is 14.5. The monoisotopic (exact) mass is 368 g/mol. The third kappa shape index (κ3) is 6.78. The summed E-state index contributed by atoms with van der Waals surface area (Å²) in [6.07, 6.45) is 3.85. The van der Waals surface area contributed by atoms with Gasteiger partial charge in [-0.3, -0.25) is 9.89 Å². The van der Waals surface area contributed by atoms with Gasteiger partial charge in [-0.15, -0.1) is 24.0 Å². The molecule has 108 valence electrons. The summed E-state index contributed by atoms with van der Waals surface area (Å²) in [4.78, 5) is 7.09. The van der Waals surface area contributed by atoms with Crippen LogP contribution >= 0.6 is 24.0 Å². The number of nitrogens with zero attached hydrogens (tertiary/aromatic N) is 2. The van der Waals surface area contributed by atoms with Gasteiger partial charge in [-0.05, 0) is 40.2 Å². The van der Waals surface area contributed by atoms with Crippen LogP contribution in [-0.4, -0.2) is 49.6 Å². The van der Waals surface area contributed by atoms with Gasteiger partial charge >= 0.3 is 0 Å². The minimum absolute atomic E-state index is 0. The second-order valence-corrected chi connectivity index (χ2v) is 4.89. The van der Waals surface area contributed by atoms with Crippen LogP contribution in [-0.2, 0) is 0 Å². The van der Waals surface area contributed by atoms with E-state index < -0.39 is 0 Å². The van der Waals surface area contributed by atoms with E-state index in [0.717, 1.165) is 38.1 Å². The molecule has 1 saturated carbocycles. The van der Waals surface area contributed by atoms with Gasteiger partial charge in [0.25, 0.3) is 0 Å². The molecule has 1 aliphatic rings. The third-order valence-electron chi connectivity index (χ3n) is 3.22. The average molecular weight is 368 g/mol. The number of guanidine groups is 1. The van der Waals surface area contributed by atoms with E-state index in [1.54, 1.807) is 0 Å². The summed E-state index contributed by atoms with van der Waals surface area (Å²) >= 11 is 0. The molecule has 1 fully saturated rings. The Morgan fingerprint density at radius 1 is 1.33 bits per heavy atom. The van der Waals surface area contributed by atoms with Crippen molar-refractivity contribution >= 4 is 29.9 Å². The van der Waals surface area contributed by atoms with Crippen molar-refractivity contribution in [1.29, 1.82) is 0 Å². The van der Waals surface area contributed by atoms with Crippen LogP contribution in [0.25, 0.3) is 0 Å². The summed E-state index contributed by atoms with van der Waals surface area (Å²) in [7, 11) is 2.21. The molecule has 0 amide bonds. The summed E-state index contributed by atoms with van der Waals surface area (Å²) in [5.74, 6) is 0.949. The van der Waals surface area contributed by atoms with Crippen molar-refractivity contribution in [3.63, 3.8) is 0 Å². The molecule has 0 aromatic rings. The first kappa shape index (κ1) is 18.0. The average Bonchev–Trinajstić information content (AvgIpc) is 3.15. The predicted molar refractivity (Wildman–Crippen MR) is 89.9 cm³/mol. The molecule has 0 radical (unpaired) electrons. The van der Waals surface area contributed by atoms with Crippen LogP contribution in [0.5, 0.6) is 0 Å². The van der Waals surface area contributed by atoms with E-state index in [1.807, 2.05) is 0 Å². The fourth-order valence-corrected chi connectivity index (χ4v) is 1.78. The molecule has 1 unspecified atom stereocenters. The lowest BCUT2D eigenvalue weighted by Crippen LogP contribution is -2.39. The second-order valence-electron chi connectivity index (χ2n) is 4.89. The Balaban J connectivity index is 0.00000289. The van der Waals surface area contributed by atoms with Crippen LogP contribution < -0.4 is 10.6 Å². The van der Waals surface area contributed by atoms with E-state index in [2.05, 4.69) is 48.3 Å². The lowest BCUT2D eigenvalue weighted by molar-refractivity contribution is 0.253. The lowest BCUT2D eigenvalue weighted by Gasteiger charge is -2.23. The second kappa shape index (κ2) is 9.83. The maximum atomic E-state index is 4.63. The SMILES string of the molecule is CCCNC(=NCC(C)N(C)C1CC1)NCC.I. The molecule has 4 nitrogen and oxygen atoms in total. The Morgan fingerprint density at radius 3 is 2.50 bits per heavy atom. The zero-order valence-electron chi connectivity index (χ0n) is 12.2. The minimum Gasteiger partial charge on any atom is -0.357 e. The van der Waals surface area contributed by atoms with Gasteiger partial charge in [-0.2, -0.15) is 0 Å². The standard InChI is InChI=1S/C13H28N4.HI/c1-5-9-15-13(14-6-2)16-10-11(3)17(4)12-7-8-12;/h11-12H,5-10H2,1-4H3,(H2,14,15,16);1H. The van der Waals surface area contributed by atoms with E-state index in [1.165, 1.54) is 12.8 Å². The van der Waals surface area contributed by atoms with E-state index in [-0.39, 0.29) is 24.0 Å². The molecule has 1 rings (SSSR count). The minimum atomic E-state index is 0. The molecule has 0 aliphatic heterocycles. The first-order chi connectivity index (χ1) is 8.19. The van der Waals surface area contributed by atoms with Gasteiger partial charge in [0.05, 0.1) is 6.54 Å². The molecular formula is C13H29IN4. The molecule has 0 heterocycles. The number of nitrogens with one attached hydrogen (secondary N) is 2. The topological polar surface area (TPSA) is 39.7 Å². The highest BCUT2D eigenvalue weighted by molar-refractivity contribution is 14.0. The first-order valence-electron chi connectivity index (χ1n) is 6.93. The molecule has 2 N–H and O–H groups in total. The van der Waals surface area contributed by atoms with Gasteiger partial charge in [0, 0.05) is 25.2 Å². The summed E-state index contributed by atoms with van der Waals surface area (Å²) < 4.78 is 0.